The number of hydrogen-bond donors (Lipinski definition) is 2. The fraction of sp³-hybridized carbons (Fsp3) is 0.235. The van der Waals surface area contributed by atoms with Crippen LogP contribution >= 0.6 is 0 Å². The number of non-ortho nitro benzene ring substituents is 1. The lowest BCUT2D eigenvalue weighted by Crippen LogP contribution is -2.19. The number of aromatic nitrogens is 1. The standard InChI is InChI=1S/C17H18N4O5/c1-4-26-17(23)14-10(2)15(19-11(14)3)16(22)20-18-9-12-5-7-13(8-6-12)21(24)25/h5-9,19H,4H2,1-3H3,(H,20,22)/b18-9+. The van der Waals surface area contributed by atoms with Crippen molar-refractivity contribution in [2.75, 3.05) is 6.61 Å². The zero-order chi connectivity index (χ0) is 19.3. The summed E-state index contributed by atoms with van der Waals surface area (Å²) in [7, 11) is 0. The summed E-state index contributed by atoms with van der Waals surface area (Å²) >= 11 is 0. The Bertz CT molecular complexity index is 868. The van der Waals surface area contributed by atoms with E-state index in [0.29, 0.717) is 22.4 Å². The normalized spacial score (nSPS) is 10.7. The number of carbonyl (C=O) groups excluding carboxylic acids is 2. The van der Waals surface area contributed by atoms with Gasteiger partial charge in [-0.15, -0.1) is 0 Å². The predicted octanol–water partition coefficient (Wildman–Crippen LogP) is 2.48. The highest BCUT2D eigenvalue weighted by Crippen LogP contribution is 2.19. The molecule has 0 radical (unpaired) electrons. The molecule has 0 unspecified atom stereocenters. The van der Waals surface area contributed by atoms with Gasteiger partial charge in [0.15, 0.2) is 0 Å². The molecule has 0 spiro atoms. The summed E-state index contributed by atoms with van der Waals surface area (Å²) in [6.45, 7) is 5.26. The first-order valence-corrected chi connectivity index (χ1v) is 7.79. The maximum Gasteiger partial charge on any atom is 0.340 e. The van der Waals surface area contributed by atoms with Crippen molar-refractivity contribution in [3.8, 4) is 0 Å². The summed E-state index contributed by atoms with van der Waals surface area (Å²) in [6, 6.07) is 5.70. The van der Waals surface area contributed by atoms with Crippen LogP contribution in [0.2, 0.25) is 0 Å². The molecule has 2 aromatic rings. The quantitative estimate of drug-likeness (QED) is 0.355. The minimum absolute atomic E-state index is 0.0323. The van der Waals surface area contributed by atoms with Crippen molar-refractivity contribution in [1.82, 2.24) is 10.4 Å². The first-order valence-electron chi connectivity index (χ1n) is 7.79. The van der Waals surface area contributed by atoms with E-state index in [1.807, 2.05) is 0 Å². The zero-order valence-electron chi connectivity index (χ0n) is 14.5. The number of hydrogen-bond acceptors (Lipinski definition) is 6. The number of ether oxygens (including phenoxy) is 1. The van der Waals surface area contributed by atoms with Gasteiger partial charge in [0.2, 0.25) is 0 Å². The number of H-pyrrole nitrogens is 1. The Morgan fingerprint density at radius 3 is 2.54 bits per heavy atom. The lowest BCUT2D eigenvalue weighted by molar-refractivity contribution is -0.384. The second-order valence-electron chi connectivity index (χ2n) is 5.39. The first-order chi connectivity index (χ1) is 12.3. The number of nitro groups is 1. The van der Waals surface area contributed by atoms with Gasteiger partial charge < -0.3 is 9.72 Å². The van der Waals surface area contributed by atoms with Crippen molar-refractivity contribution in [2.45, 2.75) is 20.8 Å². The highest BCUT2D eigenvalue weighted by molar-refractivity contribution is 6.00. The van der Waals surface area contributed by atoms with Crippen molar-refractivity contribution in [2.24, 2.45) is 5.10 Å². The highest BCUT2D eigenvalue weighted by atomic mass is 16.6. The van der Waals surface area contributed by atoms with Gasteiger partial charge in [-0.2, -0.15) is 5.10 Å². The molecule has 0 aliphatic rings. The monoisotopic (exact) mass is 358 g/mol. The molecular formula is C17H18N4O5. The number of rotatable bonds is 6. The fourth-order valence-electron chi connectivity index (χ4n) is 2.39. The van der Waals surface area contributed by atoms with Crippen molar-refractivity contribution >= 4 is 23.8 Å². The number of aromatic amines is 1. The van der Waals surface area contributed by atoms with E-state index in [1.165, 1.54) is 30.5 Å². The van der Waals surface area contributed by atoms with E-state index < -0.39 is 16.8 Å². The lowest BCUT2D eigenvalue weighted by atomic mass is 10.1. The third-order valence-corrected chi connectivity index (χ3v) is 3.63. The van der Waals surface area contributed by atoms with Gasteiger partial charge in [0.25, 0.3) is 11.6 Å². The van der Waals surface area contributed by atoms with Crippen LogP contribution in [0.25, 0.3) is 0 Å². The molecule has 0 saturated heterocycles. The first kappa shape index (κ1) is 18.8. The third-order valence-electron chi connectivity index (χ3n) is 3.63. The Morgan fingerprint density at radius 1 is 1.31 bits per heavy atom. The Kier molecular flexibility index (Phi) is 5.84. The molecule has 9 nitrogen and oxygen atoms in total. The molecule has 0 fully saturated rings. The van der Waals surface area contributed by atoms with Crippen molar-refractivity contribution in [3.05, 3.63) is 62.5 Å². The Morgan fingerprint density at radius 2 is 1.96 bits per heavy atom. The van der Waals surface area contributed by atoms with Crippen LogP contribution in [0, 0.1) is 24.0 Å². The van der Waals surface area contributed by atoms with Crippen LogP contribution in [0.5, 0.6) is 0 Å². The number of nitro benzene ring substituents is 1. The van der Waals surface area contributed by atoms with Crippen LogP contribution in [-0.4, -0.2) is 34.6 Å². The van der Waals surface area contributed by atoms with Crippen LogP contribution in [0.4, 0.5) is 5.69 Å². The molecule has 1 aromatic heterocycles. The molecule has 9 heteroatoms. The van der Waals surface area contributed by atoms with Crippen molar-refractivity contribution < 1.29 is 19.2 Å². The Labute approximate surface area is 149 Å². The van der Waals surface area contributed by atoms with E-state index in [2.05, 4.69) is 15.5 Å². The number of nitrogens with one attached hydrogen (secondary N) is 2. The van der Waals surface area contributed by atoms with Gasteiger partial charge in [-0.05, 0) is 44.0 Å². The second kappa shape index (κ2) is 8.06. The van der Waals surface area contributed by atoms with Crippen molar-refractivity contribution in [3.63, 3.8) is 0 Å². The Balaban J connectivity index is 2.09. The van der Waals surface area contributed by atoms with E-state index in [0.717, 1.165) is 0 Å². The largest absolute Gasteiger partial charge is 0.462 e. The van der Waals surface area contributed by atoms with E-state index in [-0.39, 0.29) is 18.0 Å². The molecule has 1 heterocycles. The number of carbonyl (C=O) groups is 2. The minimum atomic E-state index is -0.515. The molecule has 0 atom stereocenters. The van der Waals surface area contributed by atoms with Crippen LogP contribution in [0.1, 0.15) is 44.6 Å². The maximum atomic E-state index is 12.2. The summed E-state index contributed by atoms with van der Waals surface area (Å²) in [5, 5.41) is 14.4. The van der Waals surface area contributed by atoms with Crippen LogP contribution in [0.15, 0.2) is 29.4 Å². The molecular weight excluding hydrogens is 340 g/mol. The molecule has 2 N–H and O–H groups in total. The third kappa shape index (κ3) is 4.12. The minimum Gasteiger partial charge on any atom is -0.462 e. The van der Waals surface area contributed by atoms with Gasteiger partial charge in [-0.3, -0.25) is 14.9 Å². The number of benzene rings is 1. The molecule has 0 aliphatic heterocycles. The second-order valence-corrected chi connectivity index (χ2v) is 5.39. The lowest BCUT2D eigenvalue weighted by Gasteiger charge is -2.02. The van der Waals surface area contributed by atoms with E-state index in [9.17, 15) is 19.7 Å². The average Bonchev–Trinajstić information content (AvgIpc) is 2.90. The number of hydrazone groups is 1. The molecule has 26 heavy (non-hydrogen) atoms. The molecule has 1 aromatic carbocycles. The highest BCUT2D eigenvalue weighted by Gasteiger charge is 2.22. The molecule has 136 valence electrons. The molecule has 1 amide bonds. The molecule has 0 bridgehead atoms. The molecule has 2 rings (SSSR count). The van der Waals surface area contributed by atoms with E-state index in [4.69, 9.17) is 4.74 Å². The van der Waals surface area contributed by atoms with Crippen LogP contribution < -0.4 is 5.43 Å². The van der Waals surface area contributed by atoms with E-state index >= 15 is 0 Å². The SMILES string of the molecule is CCOC(=O)c1c(C)[nH]c(C(=O)N/N=C/c2ccc([N+](=O)[O-])cc2)c1C. The van der Waals surface area contributed by atoms with E-state index in [1.54, 1.807) is 20.8 Å². The number of nitrogens with zero attached hydrogens (tertiary/aromatic N) is 2. The molecule has 0 aliphatic carbocycles. The topological polar surface area (TPSA) is 127 Å². The van der Waals surface area contributed by atoms with Gasteiger partial charge in [0.1, 0.15) is 5.69 Å². The fourth-order valence-corrected chi connectivity index (χ4v) is 2.39. The smallest absolute Gasteiger partial charge is 0.340 e. The summed E-state index contributed by atoms with van der Waals surface area (Å²) in [6.07, 6.45) is 1.36. The number of esters is 1. The zero-order valence-corrected chi connectivity index (χ0v) is 14.5. The maximum absolute atomic E-state index is 12.2. The Hall–Kier alpha value is -3.49. The van der Waals surface area contributed by atoms with Gasteiger partial charge in [-0.1, -0.05) is 0 Å². The van der Waals surface area contributed by atoms with Gasteiger partial charge in [0, 0.05) is 17.8 Å². The summed E-state index contributed by atoms with van der Waals surface area (Å²) in [5.74, 6) is -1.01. The van der Waals surface area contributed by atoms with Crippen LogP contribution in [0.3, 0.4) is 0 Å². The molecule has 0 saturated carbocycles. The van der Waals surface area contributed by atoms with Crippen molar-refractivity contribution in [1.29, 1.82) is 0 Å². The van der Waals surface area contributed by atoms with Gasteiger partial charge in [-0.25, -0.2) is 10.2 Å². The van der Waals surface area contributed by atoms with Gasteiger partial charge in [0.05, 0.1) is 23.3 Å². The summed E-state index contributed by atoms with van der Waals surface area (Å²) in [5.41, 5.74) is 4.46. The summed E-state index contributed by atoms with van der Waals surface area (Å²) in [4.78, 5) is 37.2. The van der Waals surface area contributed by atoms with Crippen LogP contribution in [-0.2, 0) is 4.74 Å². The number of amides is 1. The summed E-state index contributed by atoms with van der Waals surface area (Å²) < 4.78 is 4.98. The van der Waals surface area contributed by atoms with Gasteiger partial charge >= 0.3 is 5.97 Å². The predicted molar refractivity (Wildman–Crippen MR) is 94.4 cm³/mol. The average molecular weight is 358 g/mol. The number of aryl methyl sites for hydroxylation is 1.